The highest BCUT2D eigenvalue weighted by atomic mass is 16.2. The number of nitrogens with one attached hydrogen (secondary N) is 1. The van der Waals surface area contributed by atoms with Crippen LogP contribution in [0.2, 0.25) is 12.6 Å². The number of imide groups is 1. The van der Waals surface area contributed by atoms with Crippen LogP contribution >= 0.6 is 0 Å². The van der Waals surface area contributed by atoms with Crippen molar-refractivity contribution in [3.05, 3.63) is 23.8 Å². The first-order valence-corrected chi connectivity index (χ1v) is 10.7. The number of hydrogen-bond donors (Lipinski definition) is 1. The summed E-state index contributed by atoms with van der Waals surface area (Å²) < 4.78 is 0. The van der Waals surface area contributed by atoms with Crippen LogP contribution in [-0.2, 0) is 14.4 Å². The Hall–Kier alpha value is -2.82. The summed E-state index contributed by atoms with van der Waals surface area (Å²) in [5.74, 6) is 2.18. The number of likely N-dealkylation sites (N-methyl/N-ethyl adjacent to an activating group) is 1. The van der Waals surface area contributed by atoms with E-state index in [1.165, 1.54) is 4.90 Å². The molecule has 0 aromatic heterocycles. The van der Waals surface area contributed by atoms with Crippen molar-refractivity contribution in [1.82, 2.24) is 5.32 Å². The lowest BCUT2D eigenvalue weighted by atomic mass is 9.41. The van der Waals surface area contributed by atoms with Gasteiger partial charge in [0.25, 0.3) is 6.71 Å². The molecule has 0 aliphatic carbocycles. The molecule has 0 spiro atoms. The minimum absolute atomic E-state index is 0.145. The van der Waals surface area contributed by atoms with Gasteiger partial charge in [0.15, 0.2) is 0 Å². The van der Waals surface area contributed by atoms with Crippen molar-refractivity contribution in [3.8, 4) is 5.97 Å². The van der Waals surface area contributed by atoms with E-state index in [0.717, 1.165) is 48.8 Å². The number of piperidine rings is 1. The fraction of sp³-hybridized carbons (Fsp3) is 0.545. The van der Waals surface area contributed by atoms with Gasteiger partial charge in [-0.1, -0.05) is 45.4 Å². The molecule has 1 aromatic carbocycles. The van der Waals surface area contributed by atoms with Crippen molar-refractivity contribution >= 4 is 36.3 Å². The van der Waals surface area contributed by atoms with Gasteiger partial charge in [-0.15, -0.1) is 0 Å². The number of rotatable bonds is 5. The van der Waals surface area contributed by atoms with Crippen LogP contribution in [0.4, 0.5) is 11.4 Å². The molecule has 0 bridgehead atoms. The van der Waals surface area contributed by atoms with E-state index < -0.39 is 6.04 Å². The van der Waals surface area contributed by atoms with Crippen LogP contribution in [-0.4, -0.2) is 45.1 Å². The quantitative estimate of drug-likeness (QED) is 0.458. The maximum atomic E-state index is 12.3. The van der Waals surface area contributed by atoms with Crippen LogP contribution < -0.4 is 15.1 Å². The first-order chi connectivity index (χ1) is 14.4. The maximum absolute atomic E-state index is 12.3. The molecule has 3 rings (SSSR count). The molecule has 2 fully saturated rings. The zero-order chi connectivity index (χ0) is 22.3. The van der Waals surface area contributed by atoms with Gasteiger partial charge in [-0.2, -0.15) is 0 Å². The van der Waals surface area contributed by atoms with E-state index >= 15 is 0 Å². The normalized spacial score (nSPS) is 19.2. The van der Waals surface area contributed by atoms with Crippen molar-refractivity contribution in [2.45, 2.75) is 64.1 Å². The van der Waals surface area contributed by atoms with Gasteiger partial charge in [0.2, 0.25) is 18.2 Å². The molecule has 8 heteroatoms. The zero-order valence-corrected chi connectivity index (χ0v) is 18.4. The van der Waals surface area contributed by atoms with E-state index in [2.05, 4.69) is 17.4 Å². The topological polar surface area (TPSA) is 93.5 Å². The Morgan fingerprint density at radius 1 is 1.13 bits per heavy atom. The lowest BCUT2D eigenvalue weighted by molar-refractivity contribution is -0.134. The summed E-state index contributed by atoms with van der Waals surface area (Å²) in [5, 5.41) is 11.5. The Morgan fingerprint density at radius 3 is 2.37 bits per heavy atom. The molecular weight excluding hydrogens is 379 g/mol. The van der Waals surface area contributed by atoms with Gasteiger partial charge in [0, 0.05) is 26.5 Å². The minimum atomic E-state index is -0.451. The summed E-state index contributed by atoms with van der Waals surface area (Å²) in [4.78, 5) is 38.5. The van der Waals surface area contributed by atoms with Crippen LogP contribution in [0.5, 0.6) is 0 Å². The third-order valence-corrected chi connectivity index (χ3v) is 5.98. The lowest BCUT2D eigenvalue weighted by Crippen LogP contribution is -2.51. The standard InChI is InChI=1S/C20H25BN4O3.C2H6/c1-24(13-26)18-11-15(14-7-9-21(12-22)10-8-14)3-4-16(18)25(2)17-5-6-19(27)23-20(17)28;1-2/h3-4,11,13-14,17H,5-10H2,1-2H3,(H,23,27,28);1-2H3. The second-order valence-corrected chi connectivity index (χ2v) is 7.72. The van der Waals surface area contributed by atoms with Crippen molar-refractivity contribution in [3.63, 3.8) is 0 Å². The fourth-order valence-corrected chi connectivity index (χ4v) is 4.21. The SMILES string of the molecule is CC.CN(C=O)c1cc(C2CCB(C#N)CC2)ccc1N(C)C1CCC(=O)NC1=O. The molecule has 0 radical (unpaired) electrons. The summed E-state index contributed by atoms with van der Waals surface area (Å²) >= 11 is 0. The van der Waals surface area contributed by atoms with Crippen LogP contribution in [0, 0.1) is 11.2 Å². The minimum Gasteiger partial charge on any atom is -0.361 e. The number of nitriles is 1. The Labute approximate surface area is 179 Å². The average molecular weight is 410 g/mol. The molecule has 1 unspecified atom stereocenters. The number of anilines is 2. The fourth-order valence-electron chi connectivity index (χ4n) is 4.21. The summed E-state index contributed by atoms with van der Waals surface area (Å²) in [6.45, 7) is 4.14. The second-order valence-electron chi connectivity index (χ2n) is 7.72. The highest BCUT2D eigenvalue weighted by Gasteiger charge is 2.32. The molecule has 7 nitrogen and oxygen atoms in total. The first kappa shape index (κ1) is 23.5. The molecule has 3 amide bonds. The summed E-state index contributed by atoms with van der Waals surface area (Å²) in [5.41, 5.74) is 2.67. The molecule has 2 heterocycles. The summed E-state index contributed by atoms with van der Waals surface area (Å²) in [6.07, 6.45) is 5.24. The van der Waals surface area contributed by atoms with E-state index in [4.69, 9.17) is 5.26 Å². The van der Waals surface area contributed by atoms with Gasteiger partial charge < -0.3 is 9.80 Å². The van der Waals surface area contributed by atoms with Crippen LogP contribution in [0.1, 0.15) is 51.0 Å². The molecule has 160 valence electrons. The smallest absolute Gasteiger partial charge is 0.267 e. The molecule has 1 aromatic rings. The van der Waals surface area contributed by atoms with Crippen LogP contribution in [0.3, 0.4) is 0 Å². The molecule has 1 N–H and O–H groups in total. The number of amides is 3. The van der Waals surface area contributed by atoms with E-state index in [1.54, 1.807) is 7.05 Å². The van der Waals surface area contributed by atoms with Crippen LogP contribution in [0.15, 0.2) is 18.2 Å². The predicted molar refractivity (Wildman–Crippen MR) is 120 cm³/mol. The van der Waals surface area contributed by atoms with Gasteiger partial charge in [-0.25, -0.2) is 5.26 Å². The summed E-state index contributed by atoms with van der Waals surface area (Å²) in [6, 6.07) is 5.57. The van der Waals surface area contributed by atoms with Crippen molar-refractivity contribution in [2.75, 3.05) is 23.9 Å². The monoisotopic (exact) mass is 410 g/mol. The maximum Gasteiger partial charge on any atom is 0.267 e. The Bertz CT molecular complexity index is 815. The number of benzene rings is 1. The second kappa shape index (κ2) is 10.8. The number of nitrogens with zero attached hydrogens (tertiary/aromatic N) is 3. The first-order valence-electron chi connectivity index (χ1n) is 10.7. The molecule has 0 saturated carbocycles. The van der Waals surface area contributed by atoms with Gasteiger partial charge in [-0.05, 0) is 30.0 Å². The Morgan fingerprint density at radius 2 is 1.80 bits per heavy atom. The van der Waals surface area contributed by atoms with E-state index in [-0.39, 0.29) is 18.5 Å². The van der Waals surface area contributed by atoms with Crippen molar-refractivity contribution in [1.29, 1.82) is 5.26 Å². The van der Waals surface area contributed by atoms with Crippen LogP contribution in [0.25, 0.3) is 0 Å². The molecular formula is C22H31BN4O3. The Kier molecular flexibility index (Phi) is 8.46. The van der Waals surface area contributed by atoms with E-state index in [9.17, 15) is 14.4 Å². The Balaban J connectivity index is 0.00000155. The third kappa shape index (κ3) is 5.21. The molecule has 2 saturated heterocycles. The predicted octanol–water partition coefficient (Wildman–Crippen LogP) is 2.98. The number of carbonyl (C=O) groups excluding carboxylic acids is 3. The van der Waals surface area contributed by atoms with Gasteiger partial charge in [0.1, 0.15) is 6.04 Å². The molecule has 2 aliphatic rings. The largest absolute Gasteiger partial charge is 0.361 e. The number of carbonyl (C=O) groups is 3. The van der Waals surface area contributed by atoms with Gasteiger partial charge >= 0.3 is 0 Å². The van der Waals surface area contributed by atoms with Gasteiger partial charge in [-0.3, -0.25) is 19.7 Å². The highest BCUT2D eigenvalue weighted by Crippen LogP contribution is 2.38. The number of hydrogen-bond acceptors (Lipinski definition) is 5. The van der Waals surface area contributed by atoms with Gasteiger partial charge in [0.05, 0.1) is 11.4 Å². The zero-order valence-electron chi connectivity index (χ0n) is 18.4. The van der Waals surface area contributed by atoms with E-state index in [0.29, 0.717) is 18.8 Å². The highest BCUT2D eigenvalue weighted by molar-refractivity contribution is 6.67. The van der Waals surface area contributed by atoms with Crippen molar-refractivity contribution in [2.24, 2.45) is 0 Å². The molecule has 1 atom stereocenters. The third-order valence-electron chi connectivity index (χ3n) is 5.98. The van der Waals surface area contributed by atoms with E-state index in [1.807, 2.05) is 37.9 Å². The van der Waals surface area contributed by atoms with Crippen molar-refractivity contribution < 1.29 is 14.4 Å². The molecule has 2 aliphatic heterocycles. The summed E-state index contributed by atoms with van der Waals surface area (Å²) in [7, 11) is 3.51. The average Bonchev–Trinajstić information content (AvgIpc) is 2.79. The molecule has 30 heavy (non-hydrogen) atoms. The lowest BCUT2D eigenvalue weighted by Gasteiger charge is -2.34.